The molecule has 1 fully saturated rings. The maximum absolute atomic E-state index is 11.9. The van der Waals surface area contributed by atoms with E-state index in [1.165, 1.54) is 5.56 Å². The Bertz CT molecular complexity index is 761. The zero-order valence-corrected chi connectivity index (χ0v) is 13.9. The highest BCUT2D eigenvalue weighted by Gasteiger charge is 2.25. The molecule has 120 valence electrons. The third kappa shape index (κ3) is 3.16. The number of fused-ring (bicyclic) bond motifs is 1. The quantitative estimate of drug-likeness (QED) is 0.922. The van der Waals surface area contributed by atoms with Crippen LogP contribution in [0.25, 0.3) is 11.0 Å². The summed E-state index contributed by atoms with van der Waals surface area (Å²) in [6, 6.07) is 6.26. The lowest BCUT2D eigenvalue weighted by Gasteiger charge is -2.33. The van der Waals surface area contributed by atoms with Gasteiger partial charge in [-0.1, -0.05) is 6.07 Å². The number of nitrogens with one attached hydrogen (secondary N) is 1. The average molecular weight is 322 g/mol. The molecule has 0 atom stereocenters. The summed E-state index contributed by atoms with van der Waals surface area (Å²) in [4.78, 5) is 9.96. The number of nitrogens with zero attached hydrogens (tertiary/aromatic N) is 3. The number of H-pyrrole nitrogens is 1. The molecule has 0 bridgehead atoms. The lowest BCUT2D eigenvalue weighted by atomic mass is 10.2. The van der Waals surface area contributed by atoms with E-state index in [1.807, 2.05) is 13.0 Å². The second-order valence-electron chi connectivity index (χ2n) is 5.75. The Balaban J connectivity index is 1.64. The Morgan fingerprint density at radius 2 is 1.95 bits per heavy atom. The van der Waals surface area contributed by atoms with Crippen LogP contribution in [-0.2, 0) is 16.6 Å². The van der Waals surface area contributed by atoms with Crippen molar-refractivity contribution in [3.63, 3.8) is 0 Å². The maximum atomic E-state index is 11.9. The van der Waals surface area contributed by atoms with Gasteiger partial charge in [0.25, 0.3) is 0 Å². The fraction of sp³-hybridized carbons (Fsp3) is 0.533. The van der Waals surface area contributed by atoms with Crippen LogP contribution in [0.4, 0.5) is 0 Å². The van der Waals surface area contributed by atoms with Crippen LogP contribution in [0.2, 0.25) is 0 Å². The van der Waals surface area contributed by atoms with Gasteiger partial charge in [0.05, 0.1) is 16.8 Å². The topological polar surface area (TPSA) is 69.3 Å². The van der Waals surface area contributed by atoms with Crippen LogP contribution >= 0.6 is 0 Å². The highest BCUT2D eigenvalue weighted by molar-refractivity contribution is 7.89. The van der Waals surface area contributed by atoms with Gasteiger partial charge in [0.2, 0.25) is 10.0 Å². The molecule has 0 radical (unpaired) electrons. The lowest BCUT2D eigenvalue weighted by Crippen LogP contribution is -2.48. The number of aromatic amines is 1. The van der Waals surface area contributed by atoms with Crippen LogP contribution in [0.1, 0.15) is 18.3 Å². The normalized spacial score (nSPS) is 18.1. The number of hydrogen-bond acceptors (Lipinski definition) is 4. The van der Waals surface area contributed by atoms with Gasteiger partial charge < -0.3 is 4.98 Å². The van der Waals surface area contributed by atoms with Crippen LogP contribution in [-0.4, -0.2) is 59.5 Å². The van der Waals surface area contributed by atoms with Gasteiger partial charge in [0, 0.05) is 32.7 Å². The van der Waals surface area contributed by atoms with Crippen molar-refractivity contribution in [3.8, 4) is 0 Å². The predicted octanol–water partition coefficient (Wildman–Crippen LogP) is 1.34. The molecule has 0 amide bonds. The minimum Gasteiger partial charge on any atom is -0.342 e. The number of piperazine rings is 1. The van der Waals surface area contributed by atoms with Gasteiger partial charge in [-0.2, -0.15) is 4.31 Å². The van der Waals surface area contributed by atoms with Crippen molar-refractivity contribution in [1.82, 2.24) is 19.2 Å². The first-order chi connectivity index (χ1) is 10.5. The second-order valence-corrected chi connectivity index (χ2v) is 8.01. The summed E-state index contributed by atoms with van der Waals surface area (Å²) < 4.78 is 25.3. The Hall–Kier alpha value is -1.44. The number of aromatic nitrogens is 2. The minimum atomic E-state index is -3.05. The van der Waals surface area contributed by atoms with E-state index in [2.05, 4.69) is 27.0 Å². The molecule has 1 aliphatic heterocycles. The molecule has 0 aliphatic carbocycles. The van der Waals surface area contributed by atoms with E-state index in [-0.39, 0.29) is 5.75 Å². The molecule has 2 heterocycles. The van der Waals surface area contributed by atoms with Gasteiger partial charge >= 0.3 is 0 Å². The molecule has 1 aromatic heterocycles. The number of hydrogen-bond donors (Lipinski definition) is 1. The van der Waals surface area contributed by atoms with E-state index >= 15 is 0 Å². The number of benzene rings is 1. The third-order valence-electron chi connectivity index (χ3n) is 4.16. The highest BCUT2D eigenvalue weighted by atomic mass is 32.2. The van der Waals surface area contributed by atoms with Gasteiger partial charge in [0.15, 0.2) is 0 Å². The zero-order chi connectivity index (χ0) is 15.7. The van der Waals surface area contributed by atoms with Gasteiger partial charge in [-0.25, -0.2) is 13.4 Å². The van der Waals surface area contributed by atoms with E-state index in [4.69, 9.17) is 0 Å². The van der Waals surface area contributed by atoms with Crippen molar-refractivity contribution in [2.24, 2.45) is 0 Å². The molecule has 1 saturated heterocycles. The number of sulfonamides is 1. The molecule has 6 nitrogen and oxygen atoms in total. The summed E-state index contributed by atoms with van der Waals surface area (Å²) in [6.07, 6.45) is 0. The molecule has 2 aromatic rings. The van der Waals surface area contributed by atoms with E-state index in [1.54, 1.807) is 11.2 Å². The van der Waals surface area contributed by atoms with Crippen molar-refractivity contribution < 1.29 is 8.42 Å². The monoisotopic (exact) mass is 322 g/mol. The fourth-order valence-electron chi connectivity index (χ4n) is 2.89. The van der Waals surface area contributed by atoms with Crippen LogP contribution in [0.15, 0.2) is 18.2 Å². The zero-order valence-electron chi connectivity index (χ0n) is 13.0. The smallest absolute Gasteiger partial charge is 0.213 e. The third-order valence-corrected chi connectivity index (χ3v) is 6.04. The molecule has 1 aromatic carbocycles. The second kappa shape index (κ2) is 5.98. The molecule has 0 saturated carbocycles. The summed E-state index contributed by atoms with van der Waals surface area (Å²) in [5.41, 5.74) is 3.27. The Labute approximate surface area is 131 Å². The van der Waals surface area contributed by atoms with Crippen molar-refractivity contribution in [1.29, 1.82) is 0 Å². The van der Waals surface area contributed by atoms with Gasteiger partial charge in [-0.05, 0) is 31.5 Å². The van der Waals surface area contributed by atoms with E-state index in [0.717, 1.165) is 36.5 Å². The summed E-state index contributed by atoms with van der Waals surface area (Å²) >= 11 is 0. The largest absolute Gasteiger partial charge is 0.342 e. The summed E-state index contributed by atoms with van der Waals surface area (Å²) in [7, 11) is -3.05. The van der Waals surface area contributed by atoms with E-state index < -0.39 is 10.0 Å². The van der Waals surface area contributed by atoms with Crippen molar-refractivity contribution in [2.45, 2.75) is 20.4 Å². The fourth-order valence-corrected chi connectivity index (χ4v) is 3.97. The molecule has 7 heteroatoms. The van der Waals surface area contributed by atoms with Crippen molar-refractivity contribution in [2.75, 3.05) is 31.9 Å². The van der Waals surface area contributed by atoms with Crippen molar-refractivity contribution in [3.05, 3.63) is 29.6 Å². The lowest BCUT2D eigenvalue weighted by molar-refractivity contribution is 0.182. The molecule has 0 unspecified atom stereocenters. The highest BCUT2D eigenvalue weighted by Crippen LogP contribution is 2.16. The molecule has 0 spiro atoms. The summed E-state index contributed by atoms with van der Waals surface area (Å²) in [6.45, 7) is 7.21. The summed E-state index contributed by atoms with van der Waals surface area (Å²) in [5.74, 6) is 1.11. The SMILES string of the molecule is CCS(=O)(=O)N1CCN(Cc2ccc3nc(C)[nH]c3c2)CC1. The number of rotatable bonds is 4. The van der Waals surface area contributed by atoms with E-state index in [0.29, 0.717) is 13.1 Å². The molecule has 1 N–H and O–H groups in total. The summed E-state index contributed by atoms with van der Waals surface area (Å²) in [5, 5.41) is 0. The van der Waals surface area contributed by atoms with Crippen LogP contribution in [0, 0.1) is 6.92 Å². The van der Waals surface area contributed by atoms with Crippen LogP contribution in [0.3, 0.4) is 0 Å². The first kappa shape index (κ1) is 15.5. The standard InChI is InChI=1S/C15H22N4O2S/c1-3-22(20,21)19-8-6-18(7-9-19)11-13-4-5-14-15(10-13)17-12(2)16-14/h4-5,10H,3,6-9,11H2,1-2H3,(H,16,17). The Kier molecular flexibility index (Phi) is 4.20. The Morgan fingerprint density at radius 1 is 1.23 bits per heavy atom. The van der Waals surface area contributed by atoms with E-state index in [9.17, 15) is 8.42 Å². The minimum absolute atomic E-state index is 0.183. The molecule has 3 rings (SSSR count). The van der Waals surface area contributed by atoms with Gasteiger partial charge in [-0.3, -0.25) is 4.90 Å². The van der Waals surface area contributed by atoms with Crippen LogP contribution in [0.5, 0.6) is 0 Å². The first-order valence-electron chi connectivity index (χ1n) is 7.63. The van der Waals surface area contributed by atoms with Crippen molar-refractivity contribution >= 4 is 21.1 Å². The molecule has 1 aliphatic rings. The predicted molar refractivity (Wildman–Crippen MR) is 87.1 cm³/mol. The molecular formula is C15H22N4O2S. The number of aryl methyl sites for hydroxylation is 1. The molecular weight excluding hydrogens is 300 g/mol. The Morgan fingerprint density at radius 3 is 2.64 bits per heavy atom. The molecule has 22 heavy (non-hydrogen) atoms. The maximum Gasteiger partial charge on any atom is 0.213 e. The first-order valence-corrected chi connectivity index (χ1v) is 9.24. The number of imidazole rings is 1. The average Bonchev–Trinajstić information content (AvgIpc) is 2.87. The van der Waals surface area contributed by atoms with Gasteiger partial charge in [0.1, 0.15) is 5.82 Å². The van der Waals surface area contributed by atoms with Gasteiger partial charge in [-0.15, -0.1) is 0 Å². The van der Waals surface area contributed by atoms with Crippen LogP contribution < -0.4 is 0 Å².